The third-order valence-electron chi connectivity index (χ3n) is 3.90. The first-order valence-corrected chi connectivity index (χ1v) is 8.68. The molecule has 0 bridgehead atoms. The Hall–Kier alpha value is -1.63. The first-order valence-electron chi connectivity index (χ1n) is 8.30. The number of halogens is 3. The SMILES string of the molecule is CCC(F)(F)c1cc(Cl)nc(N2CCN(C(=O)OC(C)(C)C)CC2)c1. The largest absolute Gasteiger partial charge is 0.444 e. The molecule has 0 saturated carbocycles. The number of nitrogens with zero attached hydrogens (tertiary/aromatic N) is 3. The van der Waals surface area contributed by atoms with Gasteiger partial charge in [0.2, 0.25) is 0 Å². The van der Waals surface area contributed by atoms with E-state index in [0.29, 0.717) is 32.0 Å². The molecule has 1 amide bonds. The second kappa shape index (κ2) is 7.32. The second-order valence-corrected chi connectivity index (χ2v) is 7.44. The Morgan fingerprint density at radius 1 is 1.24 bits per heavy atom. The average molecular weight is 376 g/mol. The Morgan fingerprint density at radius 2 is 1.84 bits per heavy atom. The van der Waals surface area contributed by atoms with Crippen LogP contribution in [0.15, 0.2) is 12.1 Å². The lowest BCUT2D eigenvalue weighted by Gasteiger charge is -2.36. The van der Waals surface area contributed by atoms with E-state index in [0.717, 1.165) is 0 Å². The molecule has 140 valence electrons. The van der Waals surface area contributed by atoms with Gasteiger partial charge in [0.05, 0.1) is 0 Å². The molecule has 1 aromatic heterocycles. The minimum absolute atomic E-state index is 0.0372. The standard InChI is InChI=1S/C17H24ClF2N3O2/c1-5-17(19,20)12-10-13(18)21-14(11-12)22-6-8-23(9-7-22)15(24)25-16(2,3)4/h10-11H,5-9H2,1-4H3. The number of anilines is 1. The van der Waals surface area contributed by atoms with Crippen molar-refractivity contribution in [3.8, 4) is 0 Å². The highest BCUT2D eigenvalue weighted by Crippen LogP contribution is 2.34. The highest BCUT2D eigenvalue weighted by Gasteiger charge is 2.31. The van der Waals surface area contributed by atoms with E-state index in [2.05, 4.69) is 4.98 Å². The predicted molar refractivity (Wildman–Crippen MR) is 93.5 cm³/mol. The summed E-state index contributed by atoms with van der Waals surface area (Å²) in [5.74, 6) is -2.54. The zero-order valence-electron chi connectivity index (χ0n) is 15.0. The Labute approximate surface area is 151 Å². The van der Waals surface area contributed by atoms with E-state index in [1.165, 1.54) is 19.1 Å². The van der Waals surface area contributed by atoms with Crippen LogP contribution in [0.2, 0.25) is 5.15 Å². The molecule has 2 heterocycles. The number of carbonyl (C=O) groups is 1. The van der Waals surface area contributed by atoms with Gasteiger partial charge < -0.3 is 14.5 Å². The average Bonchev–Trinajstić information content (AvgIpc) is 2.53. The monoisotopic (exact) mass is 375 g/mol. The molecular weight excluding hydrogens is 352 g/mol. The zero-order valence-corrected chi connectivity index (χ0v) is 15.7. The van der Waals surface area contributed by atoms with Crippen LogP contribution in [0.5, 0.6) is 0 Å². The molecule has 1 aliphatic heterocycles. The second-order valence-electron chi connectivity index (χ2n) is 7.05. The van der Waals surface area contributed by atoms with E-state index in [-0.39, 0.29) is 23.2 Å². The fourth-order valence-corrected chi connectivity index (χ4v) is 2.71. The first-order chi connectivity index (χ1) is 11.5. The van der Waals surface area contributed by atoms with Crippen LogP contribution in [0.3, 0.4) is 0 Å². The van der Waals surface area contributed by atoms with E-state index < -0.39 is 11.5 Å². The van der Waals surface area contributed by atoms with Crippen LogP contribution in [-0.4, -0.2) is 47.8 Å². The molecule has 0 aliphatic carbocycles. The third kappa shape index (κ3) is 5.17. The number of aromatic nitrogens is 1. The Kier molecular flexibility index (Phi) is 5.76. The Bertz CT molecular complexity index is 627. The van der Waals surface area contributed by atoms with Gasteiger partial charge >= 0.3 is 6.09 Å². The van der Waals surface area contributed by atoms with Gasteiger partial charge in [-0.25, -0.2) is 18.6 Å². The molecule has 0 radical (unpaired) electrons. The van der Waals surface area contributed by atoms with Gasteiger partial charge in [-0.15, -0.1) is 0 Å². The number of pyridine rings is 1. The molecule has 25 heavy (non-hydrogen) atoms. The molecule has 0 aromatic carbocycles. The van der Waals surface area contributed by atoms with Gasteiger partial charge in [0.1, 0.15) is 16.6 Å². The minimum Gasteiger partial charge on any atom is -0.444 e. The maximum Gasteiger partial charge on any atom is 0.410 e. The van der Waals surface area contributed by atoms with Gasteiger partial charge in [-0.3, -0.25) is 0 Å². The fraction of sp³-hybridized carbons (Fsp3) is 0.647. The summed E-state index contributed by atoms with van der Waals surface area (Å²) in [4.78, 5) is 19.7. The van der Waals surface area contributed by atoms with E-state index >= 15 is 0 Å². The molecule has 8 heteroatoms. The normalized spacial score (nSPS) is 16.1. The number of alkyl halides is 2. The van der Waals surface area contributed by atoms with Crippen LogP contribution in [0, 0.1) is 0 Å². The van der Waals surface area contributed by atoms with Gasteiger partial charge in [-0.2, -0.15) is 0 Å². The summed E-state index contributed by atoms with van der Waals surface area (Å²) in [5, 5.41) is 0.0372. The third-order valence-corrected chi connectivity index (χ3v) is 4.10. The van der Waals surface area contributed by atoms with Crippen molar-refractivity contribution in [3.63, 3.8) is 0 Å². The van der Waals surface area contributed by atoms with Crippen LogP contribution in [0.4, 0.5) is 19.4 Å². The van der Waals surface area contributed by atoms with Crippen molar-refractivity contribution < 1.29 is 18.3 Å². The summed E-state index contributed by atoms with van der Waals surface area (Å²) >= 11 is 5.93. The van der Waals surface area contributed by atoms with Crippen molar-refractivity contribution in [1.82, 2.24) is 9.88 Å². The van der Waals surface area contributed by atoms with Crippen molar-refractivity contribution >= 4 is 23.5 Å². The van der Waals surface area contributed by atoms with Crippen molar-refractivity contribution in [2.45, 2.75) is 45.6 Å². The number of hydrogen-bond donors (Lipinski definition) is 0. The number of amides is 1. The topological polar surface area (TPSA) is 45.7 Å². The maximum atomic E-state index is 14.0. The lowest BCUT2D eigenvalue weighted by atomic mass is 10.1. The molecule has 1 aliphatic rings. The Morgan fingerprint density at radius 3 is 2.36 bits per heavy atom. The van der Waals surface area contributed by atoms with Crippen LogP contribution in [0.25, 0.3) is 0 Å². The minimum atomic E-state index is -2.94. The molecule has 1 aromatic rings. The molecular formula is C17H24ClF2N3O2. The summed E-state index contributed by atoms with van der Waals surface area (Å²) < 4.78 is 33.3. The smallest absolute Gasteiger partial charge is 0.410 e. The number of carbonyl (C=O) groups excluding carboxylic acids is 1. The van der Waals surface area contributed by atoms with Gasteiger partial charge in [-0.05, 0) is 32.9 Å². The van der Waals surface area contributed by atoms with Crippen molar-refractivity contribution in [2.75, 3.05) is 31.1 Å². The van der Waals surface area contributed by atoms with Gasteiger partial charge in [0.25, 0.3) is 5.92 Å². The highest BCUT2D eigenvalue weighted by atomic mass is 35.5. The number of hydrogen-bond acceptors (Lipinski definition) is 4. The van der Waals surface area contributed by atoms with Crippen LogP contribution in [0.1, 0.15) is 39.7 Å². The molecule has 1 saturated heterocycles. The van der Waals surface area contributed by atoms with Crippen LogP contribution >= 0.6 is 11.6 Å². The summed E-state index contributed by atoms with van der Waals surface area (Å²) in [6, 6.07) is 2.57. The van der Waals surface area contributed by atoms with Crippen molar-refractivity contribution in [2.24, 2.45) is 0 Å². The predicted octanol–water partition coefficient (Wildman–Crippen LogP) is 4.29. The fourth-order valence-electron chi connectivity index (χ4n) is 2.50. The number of piperazine rings is 1. The lowest BCUT2D eigenvalue weighted by Crippen LogP contribution is -2.50. The molecule has 1 fully saturated rings. The molecule has 0 spiro atoms. The summed E-state index contributed by atoms with van der Waals surface area (Å²) in [7, 11) is 0. The molecule has 5 nitrogen and oxygen atoms in total. The molecule has 0 unspecified atom stereocenters. The van der Waals surface area contributed by atoms with Crippen molar-refractivity contribution in [1.29, 1.82) is 0 Å². The van der Waals surface area contributed by atoms with E-state index in [1.807, 2.05) is 25.7 Å². The quantitative estimate of drug-likeness (QED) is 0.739. The van der Waals surface area contributed by atoms with E-state index in [4.69, 9.17) is 16.3 Å². The first kappa shape index (κ1) is 19.7. The van der Waals surface area contributed by atoms with Crippen LogP contribution in [-0.2, 0) is 10.7 Å². The molecule has 0 N–H and O–H groups in total. The van der Waals surface area contributed by atoms with E-state index in [1.54, 1.807) is 4.90 Å². The lowest BCUT2D eigenvalue weighted by molar-refractivity contribution is -0.00833. The number of ether oxygens (including phenoxy) is 1. The van der Waals surface area contributed by atoms with Crippen molar-refractivity contribution in [3.05, 3.63) is 22.8 Å². The van der Waals surface area contributed by atoms with Gasteiger partial charge in [-0.1, -0.05) is 18.5 Å². The van der Waals surface area contributed by atoms with Gasteiger partial charge in [0, 0.05) is 38.2 Å². The van der Waals surface area contributed by atoms with Crippen LogP contribution < -0.4 is 4.90 Å². The Balaban J connectivity index is 2.07. The molecule has 0 atom stereocenters. The van der Waals surface area contributed by atoms with E-state index in [9.17, 15) is 13.6 Å². The summed E-state index contributed by atoms with van der Waals surface area (Å²) in [6.07, 6.45) is -0.677. The highest BCUT2D eigenvalue weighted by molar-refractivity contribution is 6.29. The molecule has 2 rings (SSSR count). The summed E-state index contributed by atoms with van der Waals surface area (Å²) in [5.41, 5.74) is -0.692. The summed E-state index contributed by atoms with van der Waals surface area (Å²) in [6.45, 7) is 8.68. The van der Waals surface area contributed by atoms with Gasteiger partial charge in [0.15, 0.2) is 0 Å². The maximum absolute atomic E-state index is 14.0. The number of rotatable bonds is 3. The zero-order chi connectivity index (χ0) is 18.8.